The lowest BCUT2D eigenvalue weighted by Gasteiger charge is -2.36. The average Bonchev–Trinajstić information content (AvgIpc) is 2.30. The lowest BCUT2D eigenvalue weighted by atomic mass is 9.69. The molecule has 18 heavy (non-hydrogen) atoms. The van der Waals surface area contributed by atoms with Crippen LogP contribution in [0.3, 0.4) is 0 Å². The smallest absolute Gasteiger partial charge is 0.314 e. The third-order valence-electron chi connectivity index (χ3n) is 3.52. The zero-order chi connectivity index (χ0) is 13.4. The van der Waals surface area contributed by atoms with Crippen molar-refractivity contribution in [2.75, 3.05) is 0 Å². The van der Waals surface area contributed by atoms with Crippen LogP contribution in [0, 0.1) is 0 Å². The first-order valence-corrected chi connectivity index (χ1v) is 5.97. The molecule has 0 spiro atoms. The summed E-state index contributed by atoms with van der Waals surface area (Å²) in [4.78, 5) is 15.3. The van der Waals surface area contributed by atoms with Gasteiger partial charge in [-0.2, -0.15) is 0 Å². The molecule has 6 heteroatoms. The van der Waals surface area contributed by atoms with Crippen LogP contribution >= 0.6 is 11.6 Å². The fourth-order valence-corrected chi connectivity index (χ4v) is 2.44. The Kier molecular flexibility index (Phi) is 3.27. The van der Waals surface area contributed by atoms with Gasteiger partial charge in [0.2, 0.25) is 5.92 Å². The van der Waals surface area contributed by atoms with Gasteiger partial charge in [-0.15, -0.1) is 0 Å². The summed E-state index contributed by atoms with van der Waals surface area (Å²) < 4.78 is 26.3. The second-order valence-corrected chi connectivity index (χ2v) is 5.00. The maximum atomic E-state index is 13.2. The highest BCUT2D eigenvalue weighted by Crippen LogP contribution is 2.45. The molecular formula is C12H12ClF2NO2. The molecular weight excluding hydrogens is 264 g/mol. The predicted octanol–water partition coefficient (Wildman–Crippen LogP) is 3.27. The van der Waals surface area contributed by atoms with Crippen LogP contribution in [0.4, 0.5) is 8.78 Å². The molecule has 0 atom stereocenters. The molecule has 1 aliphatic rings. The molecule has 1 aliphatic carbocycles. The van der Waals surface area contributed by atoms with Crippen LogP contribution in [0.15, 0.2) is 18.3 Å². The molecule has 1 aromatic rings. The lowest BCUT2D eigenvalue weighted by molar-refractivity contribution is -0.149. The molecule has 1 saturated carbocycles. The van der Waals surface area contributed by atoms with E-state index >= 15 is 0 Å². The topological polar surface area (TPSA) is 50.2 Å². The van der Waals surface area contributed by atoms with Gasteiger partial charge in [0, 0.05) is 19.0 Å². The Morgan fingerprint density at radius 2 is 1.89 bits per heavy atom. The Labute approximate surface area is 108 Å². The van der Waals surface area contributed by atoms with E-state index in [2.05, 4.69) is 4.98 Å². The molecule has 1 fully saturated rings. The van der Waals surface area contributed by atoms with E-state index in [0.717, 1.165) is 0 Å². The van der Waals surface area contributed by atoms with Gasteiger partial charge in [0.15, 0.2) is 0 Å². The van der Waals surface area contributed by atoms with Crippen LogP contribution in [0.2, 0.25) is 5.15 Å². The van der Waals surface area contributed by atoms with E-state index in [4.69, 9.17) is 11.6 Å². The molecule has 0 saturated heterocycles. The van der Waals surface area contributed by atoms with Gasteiger partial charge >= 0.3 is 5.97 Å². The molecule has 0 unspecified atom stereocenters. The maximum Gasteiger partial charge on any atom is 0.314 e. The van der Waals surface area contributed by atoms with Crippen molar-refractivity contribution in [1.29, 1.82) is 0 Å². The monoisotopic (exact) mass is 275 g/mol. The molecule has 3 nitrogen and oxygen atoms in total. The van der Waals surface area contributed by atoms with Crippen molar-refractivity contribution in [3.8, 4) is 0 Å². The fourth-order valence-electron chi connectivity index (χ4n) is 2.33. The number of pyridine rings is 1. The highest BCUT2D eigenvalue weighted by atomic mass is 35.5. The minimum Gasteiger partial charge on any atom is -0.481 e. The van der Waals surface area contributed by atoms with Gasteiger partial charge in [-0.3, -0.25) is 4.79 Å². The van der Waals surface area contributed by atoms with Gasteiger partial charge in [0.1, 0.15) is 5.15 Å². The molecule has 1 heterocycles. The van der Waals surface area contributed by atoms with E-state index in [1.54, 1.807) is 6.07 Å². The van der Waals surface area contributed by atoms with Crippen molar-refractivity contribution in [1.82, 2.24) is 4.98 Å². The SMILES string of the molecule is O=C(O)C1(c2ccc(Cl)nc2)CCC(F)(F)CC1. The first kappa shape index (κ1) is 13.2. The number of aliphatic carboxylic acids is 1. The number of carboxylic acid groups (broad SMARTS) is 1. The number of halogens is 3. The molecule has 2 rings (SSSR count). The zero-order valence-electron chi connectivity index (χ0n) is 9.50. The van der Waals surface area contributed by atoms with Gasteiger partial charge < -0.3 is 5.11 Å². The molecule has 98 valence electrons. The van der Waals surface area contributed by atoms with Gasteiger partial charge in [0.25, 0.3) is 0 Å². The van der Waals surface area contributed by atoms with E-state index in [9.17, 15) is 18.7 Å². The van der Waals surface area contributed by atoms with Crippen molar-refractivity contribution in [2.45, 2.75) is 37.0 Å². The van der Waals surface area contributed by atoms with Crippen LogP contribution in [0.25, 0.3) is 0 Å². The molecule has 0 amide bonds. The molecule has 0 aliphatic heterocycles. The Balaban J connectivity index is 2.34. The van der Waals surface area contributed by atoms with Crippen LogP contribution < -0.4 is 0 Å². The number of alkyl halides is 2. The van der Waals surface area contributed by atoms with Crippen LogP contribution in [0.5, 0.6) is 0 Å². The quantitative estimate of drug-likeness (QED) is 0.843. The van der Waals surface area contributed by atoms with E-state index in [0.29, 0.717) is 5.56 Å². The molecule has 0 aromatic carbocycles. The Bertz CT molecular complexity index is 452. The summed E-state index contributed by atoms with van der Waals surface area (Å²) in [5, 5.41) is 9.63. The number of rotatable bonds is 2. The Morgan fingerprint density at radius 3 is 2.33 bits per heavy atom. The lowest BCUT2D eigenvalue weighted by Crippen LogP contribution is -2.42. The number of aromatic nitrogens is 1. The summed E-state index contributed by atoms with van der Waals surface area (Å²) in [7, 11) is 0. The molecule has 1 aromatic heterocycles. The van der Waals surface area contributed by atoms with E-state index in [1.807, 2.05) is 0 Å². The first-order valence-electron chi connectivity index (χ1n) is 5.59. The van der Waals surface area contributed by atoms with Gasteiger partial charge in [0.05, 0.1) is 5.41 Å². The third-order valence-corrected chi connectivity index (χ3v) is 3.75. The first-order chi connectivity index (χ1) is 8.36. The van der Waals surface area contributed by atoms with Crippen molar-refractivity contribution < 1.29 is 18.7 Å². The van der Waals surface area contributed by atoms with Gasteiger partial charge in [-0.1, -0.05) is 17.7 Å². The number of nitrogens with zero attached hydrogens (tertiary/aromatic N) is 1. The van der Waals surface area contributed by atoms with E-state index in [1.165, 1.54) is 12.3 Å². The normalized spacial score (nSPS) is 21.5. The summed E-state index contributed by atoms with van der Waals surface area (Å²) in [6, 6.07) is 3.03. The number of hydrogen-bond donors (Lipinski definition) is 1. The second-order valence-electron chi connectivity index (χ2n) is 4.61. The minimum atomic E-state index is -2.77. The standard InChI is InChI=1S/C12H12ClF2NO2/c13-9-2-1-8(7-16-9)11(10(17)18)3-5-12(14,15)6-4-11/h1-2,7H,3-6H2,(H,17,18). The minimum absolute atomic E-state index is 0.0847. The second kappa shape index (κ2) is 4.46. The van der Waals surface area contributed by atoms with E-state index < -0.39 is 30.1 Å². The zero-order valence-corrected chi connectivity index (χ0v) is 10.3. The van der Waals surface area contributed by atoms with Crippen LogP contribution in [-0.2, 0) is 10.2 Å². The summed E-state index contributed by atoms with van der Waals surface area (Å²) >= 11 is 5.64. The van der Waals surface area contributed by atoms with Crippen LogP contribution in [0.1, 0.15) is 31.2 Å². The van der Waals surface area contributed by atoms with Crippen molar-refractivity contribution in [3.05, 3.63) is 29.0 Å². The van der Waals surface area contributed by atoms with Crippen LogP contribution in [-0.4, -0.2) is 22.0 Å². The summed E-state index contributed by atoms with van der Waals surface area (Å²) in [6.07, 6.45) is 0.362. The Hall–Kier alpha value is -1.23. The fraction of sp³-hybridized carbons (Fsp3) is 0.500. The number of hydrogen-bond acceptors (Lipinski definition) is 2. The highest BCUT2D eigenvalue weighted by Gasteiger charge is 2.49. The average molecular weight is 276 g/mol. The molecule has 0 radical (unpaired) electrons. The predicted molar refractivity (Wildman–Crippen MR) is 62.0 cm³/mol. The highest BCUT2D eigenvalue weighted by molar-refractivity contribution is 6.29. The van der Waals surface area contributed by atoms with Crippen molar-refractivity contribution in [3.63, 3.8) is 0 Å². The summed E-state index contributed by atoms with van der Waals surface area (Å²) in [6.45, 7) is 0. The third kappa shape index (κ3) is 2.32. The van der Waals surface area contributed by atoms with Crippen molar-refractivity contribution in [2.24, 2.45) is 0 Å². The maximum absolute atomic E-state index is 13.2. The summed E-state index contributed by atoms with van der Waals surface area (Å²) in [5.74, 6) is -3.85. The summed E-state index contributed by atoms with van der Waals surface area (Å²) in [5.41, 5.74) is -0.825. The molecule has 1 N–H and O–H groups in total. The number of carbonyl (C=O) groups is 1. The van der Waals surface area contributed by atoms with Gasteiger partial charge in [-0.25, -0.2) is 13.8 Å². The van der Waals surface area contributed by atoms with Crippen molar-refractivity contribution >= 4 is 17.6 Å². The largest absolute Gasteiger partial charge is 0.481 e. The molecule has 0 bridgehead atoms. The number of carboxylic acids is 1. The van der Waals surface area contributed by atoms with E-state index in [-0.39, 0.29) is 18.0 Å². The van der Waals surface area contributed by atoms with Gasteiger partial charge in [-0.05, 0) is 24.5 Å². The Morgan fingerprint density at radius 1 is 1.28 bits per heavy atom.